The van der Waals surface area contributed by atoms with E-state index in [0.717, 1.165) is 4.90 Å². The summed E-state index contributed by atoms with van der Waals surface area (Å²) in [6.45, 7) is 0. The second-order valence-electron chi connectivity index (χ2n) is 3.78. The highest BCUT2D eigenvalue weighted by Crippen LogP contribution is 2.26. The Morgan fingerprint density at radius 1 is 1.21 bits per heavy atom. The Morgan fingerprint density at radius 3 is 2.74 bits per heavy atom. The van der Waals surface area contributed by atoms with E-state index in [1.807, 2.05) is 18.2 Å². The minimum atomic E-state index is -0.378. The van der Waals surface area contributed by atoms with Crippen molar-refractivity contribution in [3.63, 3.8) is 0 Å². The first kappa shape index (κ1) is 13.9. The van der Waals surface area contributed by atoms with Crippen LogP contribution in [0.2, 0.25) is 5.02 Å². The summed E-state index contributed by atoms with van der Waals surface area (Å²) in [5.41, 5.74) is 0.449. The molecular weight excluding hydrogens is 285 g/mol. The fourth-order valence-electron chi connectivity index (χ4n) is 1.47. The lowest BCUT2D eigenvalue weighted by molar-refractivity contribution is -0.113. The van der Waals surface area contributed by atoms with Gasteiger partial charge in [-0.1, -0.05) is 29.8 Å². The van der Waals surface area contributed by atoms with Crippen LogP contribution in [0.1, 0.15) is 0 Å². The quantitative estimate of drug-likeness (QED) is 0.856. The molecule has 0 atom stereocenters. The van der Waals surface area contributed by atoms with E-state index in [0.29, 0.717) is 10.7 Å². The zero-order valence-corrected chi connectivity index (χ0v) is 11.5. The zero-order valence-electron chi connectivity index (χ0n) is 9.90. The standard InChI is InChI=1S/C14H11ClFNOS/c15-12-6-1-2-7-13(12)19-9-14(18)17-11-5-3-4-10(16)8-11/h1-8H,9H2,(H,17,18). The van der Waals surface area contributed by atoms with Crippen LogP contribution >= 0.6 is 23.4 Å². The van der Waals surface area contributed by atoms with E-state index in [4.69, 9.17) is 11.6 Å². The van der Waals surface area contributed by atoms with Crippen LogP contribution in [-0.2, 0) is 4.79 Å². The molecule has 0 fully saturated rings. The highest BCUT2D eigenvalue weighted by molar-refractivity contribution is 8.00. The number of hydrogen-bond acceptors (Lipinski definition) is 2. The lowest BCUT2D eigenvalue weighted by atomic mass is 10.3. The van der Waals surface area contributed by atoms with Crippen LogP contribution < -0.4 is 5.32 Å². The van der Waals surface area contributed by atoms with Gasteiger partial charge < -0.3 is 5.32 Å². The monoisotopic (exact) mass is 295 g/mol. The summed E-state index contributed by atoms with van der Waals surface area (Å²) in [5.74, 6) is -0.354. The molecule has 0 aliphatic rings. The first-order chi connectivity index (χ1) is 9.15. The summed E-state index contributed by atoms with van der Waals surface area (Å²) in [5, 5.41) is 3.25. The zero-order chi connectivity index (χ0) is 13.7. The summed E-state index contributed by atoms with van der Waals surface area (Å²) in [6, 6.07) is 13.1. The predicted octanol–water partition coefficient (Wildman–Crippen LogP) is 4.21. The Morgan fingerprint density at radius 2 is 2.00 bits per heavy atom. The van der Waals surface area contributed by atoms with E-state index in [1.54, 1.807) is 18.2 Å². The molecule has 2 aromatic rings. The van der Waals surface area contributed by atoms with Gasteiger partial charge in [0.25, 0.3) is 0 Å². The Kier molecular flexibility index (Phi) is 4.82. The third-order valence-electron chi connectivity index (χ3n) is 2.30. The molecular formula is C14H11ClFNOS. The van der Waals surface area contributed by atoms with Gasteiger partial charge in [0.2, 0.25) is 5.91 Å². The molecule has 1 amide bonds. The van der Waals surface area contributed by atoms with Gasteiger partial charge in [0.15, 0.2) is 0 Å². The maximum atomic E-state index is 12.9. The van der Waals surface area contributed by atoms with Crippen molar-refractivity contribution >= 4 is 35.0 Å². The molecule has 0 spiro atoms. The second-order valence-corrected chi connectivity index (χ2v) is 5.20. The van der Waals surface area contributed by atoms with Crippen molar-refractivity contribution in [1.29, 1.82) is 0 Å². The van der Waals surface area contributed by atoms with Crippen LogP contribution in [0.4, 0.5) is 10.1 Å². The maximum absolute atomic E-state index is 12.9. The summed E-state index contributed by atoms with van der Waals surface area (Å²) in [4.78, 5) is 12.6. The molecule has 0 saturated heterocycles. The summed E-state index contributed by atoms with van der Waals surface area (Å²) < 4.78 is 12.9. The average Bonchev–Trinajstić information content (AvgIpc) is 2.38. The smallest absolute Gasteiger partial charge is 0.234 e. The highest BCUT2D eigenvalue weighted by Gasteiger charge is 2.06. The normalized spacial score (nSPS) is 10.2. The fourth-order valence-corrected chi connectivity index (χ4v) is 2.51. The van der Waals surface area contributed by atoms with E-state index in [2.05, 4.69) is 5.32 Å². The first-order valence-electron chi connectivity index (χ1n) is 5.58. The summed E-state index contributed by atoms with van der Waals surface area (Å²) in [6.07, 6.45) is 0. The van der Waals surface area contributed by atoms with Gasteiger partial charge in [-0.2, -0.15) is 0 Å². The number of halogens is 2. The van der Waals surface area contributed by atoms with Gasteiger partial charge in [-0.15, -0.1) is 11.8 Å². The average molecular weight is 296 g/mol. The van der Waals surface area contributed by atoms with E-state index in [1.165, 1.54) is 23.9 Å². The van der Waals surface area contributed by atoms with Crippen LogP contribution in [0.25, 0.3) is 0 Å². The molecule has 0 heterocycles. The van der Waals surface area contributed by atoms with Gasteiger partial charge in [0, 0.05) is 10.6 Å². The number of benzene rings is 2. The molecule has 0 aliphatic carbocycles. The SMILES string of the molecule is O=C(CSc1ccccc1Cl)Nc1cccc(F)c1. The Balaban J connectivity index is 1.90. The van der Waals surface area contributed by atoms with Crippen LogP contribution in [0.3, 0.4) is 0 Å². The molecule has 0 radical (unpaired) electrons. The lowest BCUT2D eigenvalue weighted by Gasteiger charge is -2.06. The van der Waals surface area contributed by atoms with Gasteiger partial charge in [-0.05, 0) is 30.3 Å². The molecule has 5 heteroatoms. The highest BCUT2D eigenvalue weighted by atomic mass is 35.5. The van der Waals surface area contributed by atoms with Crippen LogP contribution in [0.15, 0.2) is 53.4 Å². The first-order valence-corrected chi connectivity index (χ1v) is 6.94. The van der Waals surface area contributed by atoms with E-state index >= 15 is 0 Å². The maximum Gasteiger partial charge on any atom is 0.234 e. The van der Waals surface area contributed by atoms with Gasteiger partial charge in [0.05, 0.1) is 10.8 Å². The van der Waals surface area contributed by atoms with Crippen molar-refractivity contribution in [3.05, 3.63) is 59.4 Å². The van der Waals surface area contributed by atoms with Crippen LogP contribution in [0.5, 0.6) is 0 Å². The van der Waals surface area contributed by atoms with Gasteiger partial charge >= 0.3 is 0 Å². The summed E-state index contributed by atoms with van der Waals surface area (Å²) >= 11 is 7.33. The Hall–Kier alpha value is -1.52. The molecule has 2 aromatic carbocycles. The lowest BCUT2D eigenvalue weighted by Crippen LogP contribution is -2.14. The van der Waals surface area contributed by atoms with Gasteiger partial charge in [0.1, 0.15) is 5.82 Å². The minimum Gasteiger partial charge on any atom is -0.325 e. The number of thioether (sulfide) groups is 1. The largest absolute Gasteiger partial charge is 0.325 e. The molecule has 2 rings (SSSR count). The minimum absolute atomic E-state index is 0.199. The van der Waals surface area contributed by atoms with Gasteiger partial charge in [-0.25, -0.2) is 4.39 Å². The van der Waals surface area contributed by atoms with Crippen molar-refractivity contribution in [1.82, 2.24) is 0 Å². The number of carbonyl (C=O) groups excluding carboxylic acids is 1. The molecule has 0 aliphatic heterocycles. The Labute approximate surface area is 120 Å². The molecule has 1 N–H and O–H groups in total. The number of rotatable bonds is 4. The van der Waals surface area contributed by atoms with Crippen molar-refractivity contribution in [2.24, 2.45) is 0 Å². The summed E-state index contributed by atoms with van der Waals surface area (Å²) in [7, 11) is 0. The number of amides is 1. The molecule has 98 valence electrons. The van der Waals surface area contributed by atoms with E-state index < -0.39 is 0 Å². The molecule has 0 bridgehead atoms. The van der Waals surface area contributed by atoms with Crippen molar-refractivity contribution in [2.45, 2.75) is 4.90 Å². The third-order valence-corrected chi connectivity index (χ3v) is 3.82. The molecule has 0 saturated carbocycles. The fraction of sp³-hybridized carbons (Fsp3) is 0.0714. The van der Waals surface area contributed by atoms with E-state index in [9.17, 15) is 9.18 Å². The van der Waals surface area contributed by atoms with Gasteiger partial charge in [-0.3, -0.25) is 4.79 Å². The molecule has 2 nitrogen and oxygen atoms in total. The van der Waals surface area contributed by atoms with Crippen molar-refractivity contribution < 1.29 is 9.18 Å². The number of carbonyl (C=O) groups is 1. The molecule has 19 heavy (non-hydrogen) atoms. The Bertz CT molecular complexity index is 591. The molecule has 0 aromatic heterocycles. The van der Waals surface area contributed by atoms with Crippen LogP contribution in [-0.4, -0.2) is 11.7 Å². The predicted molar refractivity (Wildman–Crippen MR) is 77.2 cm³/mol. The van der Waals surface area contributed by atoms with E-state index in [-0.39, 0.29) is 17.5 Å². The number of nitrogens with one attached hydrogen (secondary N) is 1. The van der Waals surface area contributed by atoms with Crippen molar-refractivity contribution in [3.8, 4) is 0 Å². The van der Waals surface area contributed by atoms with Crippen molar-refractivity contribution in [2.75, 3.05) is 11.1 Å². The second kappa shape index (κ2) is 6.59. The van der Waals surface area contributed by atoms with Crippen LogP contribution in [0, 0.1) is 5.82 Å². The number of hydrogen-bond donors (Lipinski definition) is 1. The third kappa shape index (κ3) is 4.26. The number of anilines is 1. The topological polar surface area (TPSA) is 29.1 Å². The molecule has 0 unspecified atom stereocenters.